The van der Waals surface area contributed by atoms with Crippen LogP contribution in [0, 0.1) is 0 Å². The van der Waals surface area contributed by atoms with Gasteiger partial charge in [-0.3, -0.25) is 0 Å². The third kappa shape index (κ3) is 1.47. The van der Waals surface area contributed by atoms with Crippen LogP contribution in [0.15, 0.2) is 12.4 Å². The lowest BCUT2D eigenvalue weighted by molar-refractivity contribution is 0.213. The van der Waals surface area contributed by atoms with Crippen LogP contribution in [0.25, 0.3) is 0 Å². The summed E-state index contributed by atoms with van der Waals surface area (Å²) in [5, 5.41) is 17.7. The Morgan fingerprint density at radius 1 is 1.57 bits per heavy atom. The molecule has 7 heteroatoms. The van der Waals surface area contributed by atoms with Gasteiger partial charge in [-0.2, -0.15) is 0 Å². The van der Waals surface area contributed by atoms with E-state index in [9.17, 15) is 5.11 Å². The van der Waals surface area contributed by atoms with E-state index in [-0.39, 0.29) is 0 Å². The maximum atomic E-state index is 9.89. The van der Waals surface area contributed by atoms with Crippen molar-refractivity contribution in [1.29, 1.82) is 0 Å². The summed E-state index contributed by atoms with van der Waals surface area (Å²) in [5.74, 6) is 0. The smallest absolute Gasteiger partial charge is 0.180 e. The number of rotatable bonds is 2. The molecule has 2 aromatic heterocycles. The van der Waals surface area contributed by atoms with E-state index < -0.39 is 6.10 Å². The third-order valence-electron chi connectivity index (χ3n) is 1.84. The Balaban J connectivity index is 2.33. The lowest BCUT2D eigenvalue weighted by Gasteiger charge is -2.06. The number of anilines is 1. The maximum Gasteiger partial charge on any atom is 0.180 e. The fourth-order valence-electron chi connectivity index (χ4n) is 1.12. The molecule has 0 aliphatic heterocycles. The van der Waals surface area contributed by atoms with Crippen molar-refractivity contribution in [1.82, 2.24) is 20.0 Å². The minimum atomic E-state index is -0.759. The highest BCUT2D eigenvalue weighted by Crippen LogP contribution is 2.26. The maximum absolute atomic E-state index is 9.89. The van der Waals surface area contributed by atoms with Gasteiger partial charge in [0, 0.05) is 13.2 Å². The van der Waals surface area contributed by atoms with Crippen molar-refractivity contribution in [3.63, 3.8) is 0 Å². The minimum absolute atomic E-state index is 0.439. The molecule has 0 saturated heterocycles. The summed E-state index contributed by atoms with van der Waals surface area (Å²) in [5.41, 5.74) is 6.09. The zero-order valence-corrected chi connectivity index (χ0v) is 8.27. The number of aliphatic hydroxyl groups is 1. The summed E-state index contributed by atoms with van der Waals surface area (Å²) >= 11 is 1.25. The van der Waals surface area contributed by atoms with Gasteiger partial charge in [-0.1, -0.05) is 16.6 Å². The molecule has 0 fully saturated rings. The summed E-state index contributed by atoms with van der Waals surface area (Å²) < 4.78 is 1.51. The first-order valence-electron chi connectivity index (χ1n) is 3.92. The molecule has 0 aromatic carbocycles. The molecule has 1 unspecified atom stereocenters. The summed E-state index contributed by atoms with van der Waals surface area (Å²) in [6.07, 6.45) is 2.31. The van der Waals surface area contributed by atoms with Gasteiger partial charge < -0.3 is 10.8 Å². The lowest BCUT2D eigenvalue weighted by Crippen LogP contribution is -2.05. The monoisotopic (exact) mass is 211 g/mol. The van der Waals surface area contributed by atoms with E-state index in [2.05, 4.69) is 15.3 Å². The number of nitrogen functional groups attached to an aromatic ring is 1. The van der Waals surface area contributed by atoms with E-state index in [1.807, 2.05) is 0 Å². The predicted octanol–water partition coefficient (Wildman–Crippen LogP) is -0.0645. The fourth-order valence-corrected chi connectivity index (χ4v) is 1.80. The van der Waals surface area contributed by atoms with E-state index in [4.69, 9.17) is 5.73 Å². The Morgan fingerprint density at radius 2 is 2.36 bits per heavy atom. The number of aromatic nitrogens is 4. The number of nitrogens with two attached hydrogens (primary N) is 1. The van der Waals surface area contributed by atoms with Gasteiger partial charge in [-0.15, -0.1) is 5.10 Å². The molecule has 0 saturated carbocycles. The van der Waals surface area contributed by atoms with Crippen LogP contribution in [0.2, 0.25) is 0 Å². The van der Waals surface area contributed by atoms with Gasteiger partial charge in [0.05, 0.1) is 16.8 Å². The molecule has 0 bridgehead atoms. The van der Waals surface area contributed by atoms with Crippen LogP contribution in [0.4, 0.5) is 5.13 Å². The van der Waals surface area contributed by atoms with E-state index in [0.717, 1.165) is 0 Å². The average Bonchev–Trinajstić information content (AvgIpc) is 2.73. The van der Waals surface area contributed by atoms with Gasteiger partial charge in [0.2, 0.25) is 0 Å². The van der Waals surface area contributed by atoms with E-state index in [1.54, 1.807) is 13.2 Å². The highest BCUT2D eigenvalue weighted by molar-refractivity contribution is 7.15. The second-order valence-electron chi connectivity index (χ2n) is 2.79. The average molecular weight is 211 g/mol. The topological polar surface area (TPSA) is 89.8 Å². The Kier molecular flexibility index (Phi) is 2.18. The van der Waals surface area contributed by atoms with Crippen molar-refractivity contribution < 1.29 is 5.11 Å². The van der Waals surface area contributed by atoms with Crippen LogP contribution in [-0.2, 0) is 7.05 Å². The van der Waals surface area contributed by atoms with Gasteiger partial charge in [0.1, 0.15) is 6.10 Å². The van der Waals surface area contributed by atoms with Gasteiger partial charge >= 0.3 is 0 Å². The van der Waals surface area contributed by atoms with Crippen molar-refractivity contribution in [3.8, 4) is 0 Å². The Labute approximate surface area is 84.0 Å². The molecule has 0 aliphatic rings. The second kappa shape index (κ2) is 3.35. The number of nitrogens with zero attached hydrogens (tertiary/aromatic N) is 4. The molecule has 2 aromatic rings. The quantitative estimate of drug-likeness (QED) is 0.726. The fraction of sp³-hybridized carbons (Fsp3) is 0.286. The van der Waals surface area contributed by atoms with Gasteiger partial charge in [-0.05, 0) is 0 Å². The number of hydrogen-bond donors (Lipinski definition) is 2. The molecule has 0 spiro atoms. The molecule has 2 heterocycles. The highest BCUT2D eigenvalue weighted by Gasteiger charge is 2.16. The van der Waals surface area contributed by atoms with Crippen molar-refractivity contribution >= 4 is 16.5 Å². The molecular weight excluding hydrogens is 202 g/mol. The van der Waals surface area contributed by atoms with Gasteiger partial charge in [0.15, 0.2) is 5.13 Å². The molecule has 0 radical (unpaired) electrons. The molecule has 74 valence electrons. The van der Waals surface area contributed by atoms with Crippen LogP contribution < -0.4 is 5.73 Å². The largest absolute Gasteiger partial charge is 0.381 e. The summed E-state index contributed by atoms with van der Waals surface area (Å²) in [6.45, 7) is 0. The van der Waals surface area contributed by atoms with Gasteiger partial charge in [0.25, 0.3) is 0 Å². The molecule has 6 nitrogen and oxygen atoms in total. The summed E-state index contributed by atoms with van der Waals surface area (Å²) in [7, 11) is 1.72. The molecule has 1 atom stereocenters. The van der Waals surface area contributed by atoms with E-state index in [0.29, 0.717) is 15.7 Å². The lowest BCUT2D eigenvalue weighted by atomic mass is 10.2. The number of aryl methyl sites for hydroxylation is 1. The summed E-state index contributed by atoms with van der Waals surface area (Å²) in [6, 6.07) is 0. The second-order valence-corrected chi connectivity index (χ2v) is 3.88. The van der Waals surface area contributed by atoms with Crippen molar-refractivity contribution in [2.24, 2.45) is 7.05 Å². The van der Waals surface area contributed by atoms with Crippen LogP contribution in [0.3, 0.4) is 0 Å². The first kappa shape index (κ1) is 9.10. The first-order valence-corrected chi connectivity index (χ1v) is 4.74. The van der Waals surface area contributed by atoms with Crippen LogP contribution in [0.1, 0.15) is 16.7 Å². The first-order chi connectivity index (χ1) is 6.68. The zero-order valence-electron chi connectivity index (χ0n) is 7.45. The molecule has 0 amide bonds. The standard InChI is InChI=1S/C7H9N5OS/c1-12-4(2-10-11-12)6(13)5-3-9-7(8)14-5/h2-3,6,13H,1H3,(H2,8,9). The molecule has 2 rings (SSSR count). The van der Waals surface area contributed by atoms with Crippen LogP contribution in [-0.4, -0.2) is 25.1 Å². The SMILES string of the molecule is Cn1nncc1C(O)c1cnc(N)s1. The minimum Gasteiger partial charge on any atom is -0.381 e. The Bertz CT molecular complexity index is 437. The zero-order chi connectivity index (χ0) is 10.1. The predicted molar refractivity (Wildman–Crippen MR) is 51.6 cm³/mol. The molecule has 14 heavy (non-hydrogen) atoms. The number of hydrogen-bond acceptors (Lipinski definition) is 6. The van der Waals surface area contributed by atoms with E-state index in [1.165, 1.54) is 22.2 Å². The van der Waals surface area contributed by atoms with Gasteiger partial charge in [-0.25, -0.2) is 9.67 Å². The normalized spacial score (nSPS) is 13.0. The number of thiazole rings is 1. The van der Waals surface area contributed by atoms with Crippen molar-refractivity contribution in [2.75, 3.05) is 5.73 Å². The van der Waals surface area contributed by atoms with E-state index >= 15 is 0 Å². The highest BCUT2D eigenvalue weighted by atomic mass is 32.1. The Hall–Kier alpha value is -1.47. The van der Waals surface area contributed by atoms with Crippen LogP contribution in [0.5, 0.6) is 0 Å². The van der Waals surface area contributed by atoms with Crippen molar-refractivity contribution in [3.05, 3.63) is 23.0 Å². The molecular formula is C7H9N5OS. The third-order valence-corrected chi connectivity index (χ3v) is 2.72. The molecule has 0 aliphatic carbocycles. The Morgan fingerprint density at radius 3 is 2.86 bits per heavy atom. The summed E-state index contributed by atoms with van der Waals surface area (Å²) in [4.78, 5) is 4.55. The van der Waals surface area contributed by atoms with Crippen LogP contribution >= 0.6 is 11.3 Å². The molecule has 3 N–H and O–H groups in total. The number of aliphatic hydroxyl groups excluding tert-OH is 1. The van der Waals surface area contributed by atoms with Crippen molar-refractivity contribution in [2.45, 2.75) is 6.10 Å².